The molecule has 0 radical (unpaired) electrons. The van der Waals surface area contributed by atoms with Crippen molar-refractivity contribution in [1.29, 1.82) is 0 Å². The van der Waals surface area contributed by atoms with Crippen molar-refractivity contribution in [1.82, 2.24) is 0 Å². The number of carbonyl (C=O) groups excluding carboxylic acids is 1. The number of hydrogen-bond donors (Lipinski definition) is 2. The van der Waals surface area contributed by atoms with Crippen LogP contribution in [0.4, 0.5) is 20.6 Å². The van der Waals surface area contributed by atoms with Gasteiger partial charge in [-0.2, -0.15) is 0 Å². The quantitative estimate of drug-likeness (QED) is 0.902. The molecule has 0 aromatic heterocycles. The molecular weight excluding hydrogens is 263 g/mol. The Morgan fingerprint density at radius 3 is 1.80 bits per heavy atom. The van der Waals surface area contributed by atoms with Gasteiger partial charge in [0.05, 0.1) is 16.9 Å². The van der Waals surface area contributed by atoms with Crippen molar-refractivity contribution in [3.63, 3.8) is 0 Å². The van der Waals surface area contributed by atoms with Crippen molar-refractivity contribution in [2.24, 2.45) is 5.73 Å². The van der Waals surface area contributed by atoms with Crippen LogP contribution in [-0.2, 0) is 0 Å². The largest absolute Gasteiger partial charge is 0.478 e. The average Bonchev–Trinajstić information content (AvgIpc) is 2.41. The van der Waals surface area contributed by atoms with Crippen molar-refractivity contribution in [3.8, 4) is 0 Å². The Balaban J connectivity index is 2.40. The van der Waals surface area contributed by atoms with Crippen LogP contribution in [0.3, 0.4) is 0 Å². The number of rotatable bonds is 3. The molecule has 0 atom stereocenters. The fourth-order valence-electron chi connectivity index (χ4n) is 1.75. The van der Waals surface area contributed by atoms with Crippen LogP contribution in [0.1, 0.15) is 10.4 Å². The Morgan fingerprint density at radius 1 is 0.950 bits per heavy atom. The zero-order valence-electron chi connectivity index (χ0n) is 10.3. The molecule has 20 heavy (non-hydrogen) atoms. The number of nitrogens with zero attached hydrogens (tertiary/aromatic N) is 1. The maximum atomic E-state index is 12.9. The smallest absolute Gasteiger partial charge is 0.335 e. The van der Waals surface area contributed by atoms with Gasteiger partial charge in [-0.15, -0.1) is 0 Å². The SMILES string of the molecule is NC(=O)N(c1ccc(F)cc1)c1ccc(C(=O)O)cc1. The van der Waals surface area contributed by atoms with E-state index >= 15 is 0 Å². The topological polar surface area (TPSA) is 83.6 Å². The number of benzene rings is 2. The van der Waals surface area contributed by atoms with Gasteiger partial charge < -0.3 is 10.8 Å². The highest BCUT2D eigenvalue weighted by Crippen LogP contribution is 2.25. The number of halogens is 1. The molecule has 6 heteroatoms. The molecule has 0 fully saturated rings. The average molecular weight is 274 g/mol. The van der Waals surface area contributed by atoms with E-state index in [1.807, 2.05) is 0 Å². The molecule has 0 aliphatic rings. The number of aromatic carboxylic acids is 1. The minimum absolute atomic E-state index is 0.0947. The normalized spacial score (nSPS) is 10.1. The first-order valence-corrected chi connectivity index (χ1v) is 5.67. The summed E-state index contributed by atoms with van der Waals surface area (Å²) >= 11 is 0. The summed E-state index contributed by atoms with van der Waals surface area (Å²) in [5.41, 5.74) is 6.20. The van der Waals surface area contributed by atoms with Crippen molar-refractivity contribution >= 4 is 23.4 Å². The molecule has 0 bridgehead atoms. The number of anilines is 2. The number of amides is 2. The Morgan fingerprint density at radius 2 is 1.40 bits per heavy atom. The molecule has 2 aromatic carbocycles. The third kappa shape index (κ3) is 2.74. The Labute approximate surface area is 114 Å². The van der Waals surface area contributed by atoms with Crippen LogP contribution >= 0.6 is 0 Å². The molecule has 0 heterocycles. The van der Waals surface area contributed by atoms with Crippen LogP contribution in [-0.4, -0.2) is 17.1 Å². The molecule has 2 amide bonds. The Kier molecular flexibility index (Phi) is 3.65. The number of hydrogen-bond acceptors (Lipinski definition) is 2. The lowest BCUT2D eigenvalue weighted by molar-refractivity contribution is 0.0697. The molecule has 0 spiro atoms. The number of carboxylic acid groups (broad SMARTS) is 1. The summed E-state index contributed by atoms with van der Waals surface area (Å²) in [7, 11) is 0. The van der Waals surface area contributed by atoms with E-state index in [9.17, 15) is 14.0 Å². The van der Waals surface area contributed by atoms with Gasteiger partial charge in [-0.1, -0.05) is 0 Å². The Bertz CT molecular complexity index is 638. The maximum Gasteiger partial charge on any atom is 0.335 e. The summed E-state index contributed by atoms with van der Waals surface area (Å²) in [5, 5.41) is 8.82. The van der Waals surface area contributed by atoms with E-state index in [1.165, 1.54) is 48.5 Å². The summed E-state index contributed by atoms with van der Waals surface area (Å²) in [5.74, 6) is -1.50. The van der Waals surface area contributed by atoms with Gasteiger partial charge in [-0.05, 0) is 48.5 Å². The molecule has 102 valence electrons. The zero-order chi connectivity index (χ0) is 14.7. The van der Waals surface area contributed by atoms with Gasteiger partial charge in [-0.25, -0.2) is 14.0 Å². The molecule has 3 N–H and O–H groups in total. The first-order chi connectivity index (χ1) is 9.49. The van der Waals surface area contributed by atoms with Crippen molar-refractivity contribution in [2.45, 2.75) is 0 Å². The van der Waals surface area contributed by atoms with E-state index < -0.39 is 17.8 Å². The van der Waals surface area contributed by atoms with Crippen LogP contribution in [0.25, 0.3) is 0 Å². The van der Waals surface area contributed by atoms with Gasteiger partial charge in [-0.3, -0.25) is 4.90 Å². The number of nitrogens with two attached hydrogens (primary N) is 1. The number of urea groups is 1. The minimum atomic E-state index is -1.07. The highest BCUT2D eigenvalue weighted by molar-refractivity contribution is 5.99. The van der Waals surface area contributed by atoms with Gasteiger partial charge in [0.15, 0.2) is 0 Å². The van der Waals surface area contributed by atoms with Crippen LogP contribution in [0, 0.1) is 5.82 Å². The van der Waals surface area contributed by atoms with E-state index in [4.69, 9.17) is 10.8 Å². The van der Waals surface area contributed by atoms with Crippen LogP contribution < -0.4 is 10.6 Å². The standard InChI is InChI=1S/C14H11FN2O3/c15-10-3-7-12(8-4-10)17(14(16)20)11-5-1-9(2-6-11)13(18)19/h1-8H,(H2,16,20)(H,18,19). The summed E-state index contributed by atoms with van der Waals surface area (Å²) < 4.78 is 12.9. The molecule has 0 saturated carbocycles. The fraction of sp³-hybridized carbons (Fsp3) is 0. The van der Waals surface area contributed by atoms with Crippen LogP contribution in [0.2, 0.25) is 0 Å². The lowest BCUT2D eigenvalue weighted by Crippen LogP contribution is -2.31. The summed E-state index contributed by atoms with van der Waals surface area (Å²) in [6, 6.07) is 10.1. The second kappa shape index (κ2) is 5.40. The molecule has 5 nitrogen and oxygen atoms in total. The lowest BCUT2D eigenvalue weighted by atomic mass is 10.2. The number of primary amides is 1. The van der Waals surface area contributed by atoms with Gasteiger partial charge in [0.25, 0.3) is 0 Å². The maximum absolute atomic E-state index is 12.9. The molecule has 2 aromatic rings. The fourth-order valence-corrected chi connectivity index (χ4v) is 1.75. The monoisotopic (exact) mass is 274 g/mol. The van der Waals surface area contributed by atoms with Crippen molar-refractivity contribution in [2.75, 3.05) is 4.90 Å². The van der Waals surface area contributed by atoms with E-state index in [-0.39, 0.29) is 5.56 Å². The van der Waals surface area contributed by atoms with Gasteiger partial charge >= 0.3 is 12.0 Å². The summed E-state index contributed by atoms with van der Waals surface area (Å²) in [6.45, 7) is 0. The van der Waals surface area contributed by atoms with E-state index in [1.54, 1.807) is 0 Å². The number of carboxylic acids is 1. The highest BCUT2D eigenvalue weighted by atomic mass is 19.1. The molecule has 2 rings (SSSR count). The van der Waals surface area contributed by atoms with E-state index in [2.05, 4.69) is 0 Å². The third-order valence-electron chi connectivity index (χ3n) is 2.68. The number of carbonyl (C=O) groups is 2. The minimum Gasteiger partial charge on any atom is -0.478 e. The molecule has 0 unspecified atom stereocenters. The molecular formula is C14H11FN2O3. The lowest BCUT2D eigenvalue weighted by Gasteiger charge is -2.20. The van der Waals surface area contributed by atoms with Crippen molar-refractivity contribution < 1.29 is 19.1 Å². The third-order valence-corrected chi connectivity index (χ3v) is 2.68. The van der Waals surface area contributed by atoms with Gasteiger partial charge in [0.1, 0.15) is 5.82 Å². The molecule has 0 saturated heterocycles. The van der Waals surface area contributed by atoms with Crippen LogP contribution in [0.15, 0.2) is 48.5 Å². The second-order valence-corrected chi connectivity index (χ2v) is 4.00. The van der Waals surface area contributed by atoms with Crippen LogP contribution in [0.5, 0.6) is 0 Å². The first-order valence-electron chi connectivity index (χ1n) is 5.67. The zero-order valence-corrected chi connectivity index (χ0v) is 10.3. The second-order valence-electron chi connectivity index (χ2n) is 4.00. The Hall–Kier alpha value is -2.89. The van der Waals surface area contributed by atoms with E-state index in [0.29, 0.717) is 11.4 Å². The highest BCUT2D eigenvalue weighted by Gasteiger charge is 2.15. The van der Waals surface area contributed by atoms with Gasteiger partial charge in [0.2, 0.25) is 0 Å². The predicted molar refractivity (Wildman–Crippen MR) is 71.5 cm³/mol. The van der Waals surface area contributed by atoms with Gasteiger partial charge in [0, 0.05) is 0 Å². The predicted octanol–water partition coefficient (Wildman–Crippen LogP) is 2.74. The van der Waals surface area contributed by atoms with E-state index in [0.717, 1.165) is 4.90 Å². The summed E-state index contributed by atoms with van der Waals surface area (Å²) in [4.78, 5) is 23.5. The first kappa shape index (κ1) is 13.5. The molecule has 0 aliphatic heterocycles. The molecule has 0 aliphatic carbocycles. The summed E-state index contributed by atoms with van der Waals surface area (Å²) in [6.07, 6.45) is 0. The van der Waals surface area contributed by atoms with Crippen molar-refractivity contribution in [3.05, 3.63) is 59.9 Å².